The zero-order valence-corrected chi connectivity index (χ0v) is 21.2. The molecule has 0 unspecified atom stereocenters. The van der Waals surface area contributed by atoms with E-state index in [-0.39, 0.29) is 5.75 Å². The summed E-state index contributed by atoms with van der Waals surface area (Å²) in [7, 11) is -4.29. The normalized spacial score (nSPS) is 28.8. The van der Waals surface area contributed by atoms with Crippen molar-refractivity contribution in [1.82, 2.24) is 9.99 Å². The number of rotatable bonds is 10. The minimum atomic E-state index is -4.29. The Labute approximate surface area is 208 Å². The number of halogens is 1. The molecule has 2 aliphatic heterocycles. The molecule has 11 nitrogen and oxygen atoms in total. The van der Waals surface area contributed by atoms with Crippen LogP contribution in [0.5, 0.6) is 5.75 Å². The van der Waals surface area contributed by atoms with E-state index in [9.17, 15) is 24.1 Å². The average Bonchev–Trinajstić information content (AvgIpc) is 3.01. The van der Waals surface area contributed by atoms with Gasteiger partial charge in [-0.3, -0.25) is 23.8 Å². The lowest BCUT2D eigenvalue weighted by Crippen LogP contribution is -2.51. The summed E-state index contributed by atoms with van der Waals surface area (Å²) in [4.78, 5) is 36.9. The van der Waals surface area contributed by atoms with Gasteiger partial charge in [0.05, 0.1) is 19.1 Å². The molecular weight excluding hydrogens is 498 g/mol. The molecule has 2 heterocycles. The van der Waals surface area contributed by atoms with Gasteiger partial charge in [-0.25, -0.2) is 8.96 Å². The molecule has 0 aromatic heterocycles. The highest BCUT2D eigenvalue weighted by Crippen LogP contribution is 2.46. The van der Waals surface area contributed by atoms with Gasteiger partial charge >= 0.3 is 13.7 Å². The van der Waals surface area contributed by atoms with Gasteiger partial charge in [-0.1, -0.05) is 18.2 Å². The van der Waals surface area contributed by atoms with E-state index < -0.39 is 74.7 Å². The molecule has 0 spiro atoms. The summed E-state index contributed by atoms with van der Waals surface area (Å²) in [5.74, 6) is -1.68. The Morgan fingerprint density at radius 3 is 2.58 bits per heavy atom. The van der Waals surface area contributed by atoms with E-state index in [4.69, 9.17) is 18.5 Å². The summed E-state index contributed by atoms with van der Waals surface area (Å²) < 4.78 is 50.7. The summed E-state index contributed by atoms with van der Waals surface area (Å²) in [6, 6.07) is 6.90. The van der Waals surface area contributed by atoms with Crippen LogP contribution in [0.1, 0.15) is 34.1 Å². The van der Waals surface area contributed by atoms with Gasteiger partial charge in [-0.2, -0.15) is 5.09 Å². The first-order valence-corrected chi connectivity index (χ1v) is 12.9. The molecule has 1 amide bonds. The number of alkyl halides is 1. The van der Waals surface area contributed by atoms with Gasteiger partial charge in [-0.05, 0) is 45.9 Å². The maximum Gasteiger partial charge on any atom is 0.459 e. The molecular formula is C23H30FN2O9P. The van der Waals surface area contributed by atoms with Crippen LogP contribution in [0.3, 0.4) is 0 Å². The second-order valence-electron chi connectivity index (χ2n) is 8.92. The number of nitrogens with one attached hydrogen (secondary N) is 1. The fourth-order valence-electron chi connectivity index (χ4n) is 3.61. The molecule has 1 fully saturated rings. The van der Waals surface area contributed by atoms with E-state index in [1.54, 1.807) is 32.0 Å². The smallest absolute Gasteiger partial charge is 0.459 e. The zero-order chi connectivity index (χ0) is 26.7. The first-order chi connectivity index (χ1) is 16.8. The third-order valence-electron chi connectivity index (χ3n) is 5.44. The number of aliphatic hydroxyl groups excluding tert-OH is 1. The number of ether oxygens (including phenoxy) is 2. The highest BCUT2D eigenvalue weighted by Gasteiger charge is 2.57. The Bertz CT molecular complexity index is 1050. The molecule has 0 aliphatic carbocycles. The van der Waals surface area contributed by atoms with E-state index in [1.807, 2.05) is 0 Å². The third-order valence-corrected chi connectivity index (χ3v) is 7.08. The summed E-state index contributed by atoms with van der Waals surface area (Å²) in [6.45, 7) is 5.14. The molecule has 1 aromatic rings. The van der Waals surface area contributed by atoms with Gasteiger partial charge in [0.1, 0.15) is 24.0 Å². The van der Waals surface area contributed by atoms with E-state index >= 15 is 4.39 Å². The molecule has 0 saturated carbocycles. The van der Waals surface area contributed by atoms with Gasteiger partial charge in [0.2, 0.25) is 5.91 Å². The standard InChI is InChI=1S/C23H30FN2O9P/c1-14(2)33-21(30)15(3)25-36(31,35-17-8-6-5-7-9-17)32-13-18-20(29)23(4,24)22(34-18)26-11-10-16(27)12-19(26)28/h5-11,14-15,18,20,22,29H,12-13H2,1-4H3,(H,25,31)/t15-,18+,20+,22+,23+,36+/m0/s1. The second-order valence-corrected chi connectivity index (χ2v) is 10.6. The van der Waals surface area contributed by atoms with Crippen LogP contribution in [0.25, 0.3) is 0 Å². The summed E-state index contributed by atoms with van der Waals surface area (Å²) in [5, 5.41) is 13.1. The van der Waals surface area contributed by atoms with Gasteiger partial charge < -0.3 is 19.1 Å². The molecule has 2 N–H and O–H groups in total. The van der Waals surface area contributed by atoms with Crippen molar-refractivity contribution >= 4 is 25.4 Å². The molecule has 36 heavy (non-hydrogen) atoms. The lowest BCUT2D eigenvalue weighted by molar-refractivity contribution is -0.150. The van der Waals surface area contributed by atoms with Crippen molar-refractivity contribution in [2.45, 2.75) is 70.4 Å². The number of esters is 1. The number of hydrogen-bond donors (Lipinski definition) is 2. The van der Waals surface area contributed by atoms with E-state index in [0.717, 1.165) is 24.1 Å². The number of allylic oxidation sites excluding steroid dienone is 1. The molecule has 0 bridgehead atoms. The van der Waals surface area contributed by atoms with Crippen molar-refractivity contribution in [3.8, 4) is 5.75 Å². The van der Waals surface area contributed by atoms with E-state index in [1.165, 1.54) is 19.1 Å². The quantitative estimate of drug-likeness (QED) is 0.264. The number of hydrogen-bond acceptors (Lipinski definition) is 9. The van der Waals surface area contributed by atoms with Crippen LogP contribution in [0.2, 0.25) is 0 Å². The number of benzene rings is 1. The largest absolute Gasteiger partial charge is 0.462 e. The Morgan fingerprint density at radius 1 is 1.31 bits per heavy atom. The fourth-order valence-corrected chi connectivity index (χ4v) is 5.11. The Hall–Kier alpha value is -2.63. The number of nitrogens with zero attached hydrogens (tertiary/aromatic N) is 1. The minimum Gasteiger partial charge on any atom is -0.462 e. The highest BCUT2D eigenvalue weighted by atomic mass is 31.2. The van der Waals surface area contributed by atoms with Crippen molar-refractivity contribution in [3.63, 3.8) is 0 Å². The Morgan fingerprint density at radius 2 is 1.97 bits per heavy atom. The van der Waals surface area contributed by atoms with Crippen molar-refractivity contribution in [2.24, 2.45) is 0 Å². The van der Waals surface area contributed by atoms with Gasteiger partial charge in [-0.15, -0.1) is 0 Å². The zero-order valence-electron chi connectivity index (χ0n) is 20.3. The monoisotopic (exact) mass is 528 g/mol. The maximum atomic E-state index is 15.5. The highest BCUT2D eigenvalue weighted by molar-refractivity contribution is 7.52. The fraction of sp³-hybridized carbons (Fsp3) is 0.522. The molecule has 198 valence electrons. The van der Waals surface area contributed by atoms with Crippen LogP contribution in [0, 0.1) is 0 Å². The second kappa shape index (κ2) is 11.2. The van der Waals surface area contributed by atoms with Crippen LogP contribution in [0.4, 0.5) is 4.39 Å². The molecule has 13 heteroatoms. The number of aliphatic hydroxyl groups is 1. The van der Waals surface area contributed by atoms with Gasteiger partial charge in [0, 0.05) is 6.20 Å². The van der Waals surface area contributed by atoms with Crippen molar-refractivity contribution in [2.75, 3.05) is 6.61 Å². The van der Waals surface area contributed by atoms with Gasteiger partial charge in [0.25, 0.3) is 0 Å². The molecule has 1 saturated heterocycles. The van der Waals surface area contributed by atoms with Crippen molar-refractivity contribution < 1.29 is 47.0 Å². The lowest BCUT2D eigenvalue weighted by atomic mass is 9.97. The summed E-state index contributed by atoms with van der Waals surface area (Å²) in [5.41, 5.74) is -2.44. The molecule has 0 radical (unpaired) electrons. The SMILES string of the molecule is CC(C)OC(=O)[C@H](C)N[P@@](=O)(OC[C@H]1O[C@@H](N2C=CC(=O)CC2=O)[C@](C)(F)[C@@H]1O)Oc1ccccc1. The Kier molecular flexibility index (Phi) is 8.68. The third kappa shape index (κ3) is 6.57. The predicted octanol–water partition coefficient (Wildman–Crippen LogP) is 2.25. The average molecular weight is 528 g/mol. The number of amides is 1. The number of ketones is 1. The topological polar surface area (TPSA) is 141 Å². The molecule has 2 aliphatic rings. The maximum absolute atomic E-state index is 15.5. The van der Waals surface area contributed by atoms with Crippen LogP contribution in [0.15, 0.2) is 42.6 Å². The number of carbonyl (C=O) groups excluding carboxylic acids is 3. The first-order valence-electron chi connectivity index (χ1n) is 11.3. The van der Waals surface area contributed by atoms with Crippen LogP contribution in [-0.4, -0.2) is 70.5 Å². The lowest BCUT2D eigenvalue weighted by Gasteiger charge is -2.32. The predicted molar refractivity (Wildman–Crippen MR) is 124 cm³/mol. The number of carbonyl (C=O) groups is 3. The first kappa shape index (κ1) is 27.9. The summed E-state index contributed by atoms with van der Waals surface area (Å²) in [6.07, 6.45) is -3.37. The van der Waals surface area contributed by atoms with Crippen LogP contribution >= 0.6 is 7.75 Å². The van der Waals surface area contributed by atoms with E-state index in [0.29, 0.717) is 0 Å². The van der Waals surface area contributed by atoms with Crippen molar-refractivity contribution in [1.29, 1.82) is 0 Å². The Balaban J connectivity index is 1.76. The van der Waals surface area contributed by atoms with Crippen molar-refractivity contribution in [3.05, 3.63) is 42.6 Å². The molecule has 1 aromatic carbocycles. The van der Waals surface area contributed by atoms with Gasteiger partial charge in [0.15, 0.2) is 17.7 Å². The summed E-state index contributed by atoms with van der Waals surface area (Å²) >= 11 is 0. The van der Waals surface area contributed by atoms with E-state index in [2.05, 4.69) is 5.09 Å². The van der Waals surface area contributed by atoms with Crippen LogP contribution in [-0.2, 0) is 32.9 Å². The minimum absolute atomic E-state index is 0.160. The molecule has 6 atom stereocenters. The molecule has 3 rings (SSSR count). The number of para-hydroxylation sites is 1. The van der Waals surface area contributed by atoms with Crippen LogP contribution < -0.4 is 9.61 Å².